The molecule has 1 fully saturated rings. The molecule has 0 aromatic heterocycles. The van der Waals surface area contributed by atoms with E-state index in [1.807, 2.05) is 0 Å². The molecule has 274 valence electrons. The zero-order chi connectivity index (χ0) is 34.3. The van der Waals surface area contributed by atoms with Gasteiger partial charge in [-0.05, 0) is 64.2 Å². The van der Waals surface area contributed by atoms with Crippen molar-refractivity contribution in [2.75, 3.05) is 27.2 Å². The molecule has 0 spiro atoms. The maximum absolute atomic E-state index is 12.6. The van der Waals surface area contributed by atoms with Crippen molar-refractivity contribution in [2.24, 2.45) is 0 Å². The summed E-state index contributed by atoms with van der Waals surface area (Å²) in [5, 5.41) is 0. The number of carbonyl (C=O) groups excluding carboxylic acids is 2. The second kappa shape index (κ2) is 30.4. The molecule has 0 radical (unpaired) electrons. The fourth-order valence-electron chi connectivity index (χ4n) is 6.65. The van der Waals surface area contributed by atoms with Crippen LogP contribution in [0.2, 0.25) is 0 Å². The summed E-state index contributed by atoms with van der Waals surface area (Å²) in [5.41, 5.74) is 0. The van der Waals surface area contributed by atoms with Crippen LogP contribution in [0.15, 0.2) is 24.3 Å². The molecule has 0 bridgehead atoms. The SMILES string of the molecule is CCCCCCCC/C=C\CCCCCCCC(=O)OC1C[N+](C)(C)C[C@H]1OC(=O)CCCCCCC/C=C\CCCCCCCC. The summed E-state index contributed by atoms with van der Waals surface area (Å²) in [4.78, 5) is 25.2. The highest BCUT2D eigenvalue weighted by molar-refractivity contribution is 5.70. The lowest BCUT2D eigenvalue weighted by atomic mass is 10.1. The van der Waals surface area contributed by atoms with Crippen LogP contribution in [0.1, 0.15) is 194 Å². The lowest BCUT2D eigenvalue weighted by Gasteiger charge is -2.22. The van der Waals surface area contributed by atoms with Gasteiger partial charge in [0.1, 0.15) is 13.1 Å². The van der Waals surface area contributed by atoms with E-state index in [1.165, 1.54) is 141 Å². The van der Waals surface area contributed by atoms with Crippen LogP contribution in [0.4, 0.5) is 0 Å². The van der Waals surface area contributed by atoms with Gasteiger partial charge >= 0.3 is 11.9 Å². The summed E-state index contributed by atoms with van der Waals surface area (Å²) in [6.45, 7) is 5.93. The molecule has 1 heterocycles. The Bertz CT molecular complexity index is 740. The smallest absolute Gasteiger partial charge is 0.306 e. The Labute approximate surface area is 292 Å². The highest BCUT2D eigenvalue weighted by Crippen LogP contribution is 2.23. The summed E-state index contributed by atoms with van der Waals surface area (Å²) in [5.74, 6) is -0.291. The number of carbonyl (C=O) groups is 2. The minimum atomic E-state index is -0.335. The average Bonchev–Trinajstić information content (AvgIpc) is 3.32. The lowest BCUT2D eigenvalue weighted by Crippen LogP contribution is -2.38. The third-order valence-corrected chi connectivity index (χ3v) is 9.61. The fraction of sp³-hybridized carbons (Fsp3) is 0.857. The standard InChI is InChI=1S/C42H78NO4/c1-5-7-9-11-13-15-17-19-21-23-25-27-29-31-33-35-41(44)46-39-37-43(3,4)38-40(39)47-42(45)36-34-32-30-28-26-24-22-20-18-16-14-12-10-8-6-2/h19-22,39-40H,5-18,23-38H2,1-4H3/q+1/b21-19-,22-20-/t39-,40?/m1/s1. The Morgan fingerprint density at radius 1 is 0.468 bits per heavy atom. The van der Waals surface area contributed by atoms with Gasteiger partial charge in [-0.25, -0.2) is 0 Å². The van der Waals surface area contributed by atoms with Crippen LogP contribution in [0.5, 0.6) is 0 Å². The maximum atomic E-state index is 12.6. The number of quaternary nitrogens is 1. The number of nitrogens with zero attached hydrogens (tertiary/aromatic N) is 1. The average molecular weight is 661 g/mol. The first-order valence-electron chi connectivity index (χ1n) is 20.4. The molecule has 0 saturated carbocycles. The molecule has 1 unspecified atom stereocenters. The number of hydrogen-bond acceptors (Lipinski definition) is 4. The second-order valence-corrected chi connectivity index (χ2v) is 15.0. The molecular weight excluding hydrogens is 582 g/mol. The Balaban J connectivity index is 2.07. The summed E-state index contributed by atoms with van der Waals surface area (Å²) in [6.07, 6.45) is 42.0. The minimum Gasteiger partial charge on any atom is -0.452 e. The van der Waals surface area contributed by atoms with Crippen LogP contribution in [-0.2, 0) is 19.1 Å². The molecule has 1 saturated heterocycles. The van der Waals surface area contributed by atoms with Crippen molar-refractivity contribution >= 4 is 11.9 Å². The van der Waals surface area contributed by atoms with Gasteiger partial charge in [0.15, 0.2) is 12.2 Å². The van der Waals surface area contributed by atoms with Gasteiger partial charge in [0.05, 0.1) is 14.1 Å². The number of ether oxygens (including phenoxy) is 2. The van der Waals surface area contributed by atoms with E-state index in [-0.39, 0.29) is 24.1 Å². The quantitative estimate of drug-likeness (QED) is 0.0312. The summed E-state index contributed by atoms with van der Waals surface area (Å²) in [6, 6.07) is 0. The number of rotatable bonds is 32. The van der Waals surface area contributed by atoms with Crippen molar-refractivity contribution in [1.29, 1.82) is 0 Å². The molecular formula is C42H78NO4+. The third-order valence-electron chi connectivity index (χ3n) is 9.61. The molecule has 1 aliphatic rings. The topological polar surface area (TPSA) is 52.6 Å². The van der Waals surface area contributed by atoms with Gasteiger partial charge in [-0.1, -0.05) is 141 Å². The van der Waals surface area contributed by atoms with E-state index in [2.05, 4.69) is 52.2 Å². The monoisotopic (exact) mass is 661 g/mol. The van der Waals surface area contributed by atoms with Crippen LogP contribution in [0.3, 0.4) is 0 Å². The number of unbranched alkanes of at least 4 members (excludes halogenated alkanes) is 22. The predicted octanol–water partition coefficient (Wildman–Crippen LogP) is 12.0. The normalized spacial score (nSPS) is 17.6. The molecule has 0 amide bonds. The van der Waals surface area contributed by atoms with E-state index in [4.69, 9.17) is 9.47 Å². The van der Waals surface area contributed by atoms with Gasteiger partial charge in [-0.15, -0.1) is 0 Å². The second-order valence-electron chi connectivity index (χ2n) is 15.0. The van der Waals surface area contributed by atoms with Gasteiger partial charge < -0.3 is 14.0 Å². The van der Waals surface area contributed by atoms with Crippen LogP contribution >= 0.6 is 0 Å². The van der Waals surface area contributed by atoms with E-state index in [1.54, 1.807) is 0 Å². The summed E-state index contributed by atoms with van der Waals surface area (Å²) < 4.78 is 12.4. The first-order valence-corrected chi connectivity index (χ1v) is 20.4. The lowest BCUT2D eigenvalue weighted by molar-refractivity contribution is -0.880. The third kappa shape index (κ3) is 27.0. The Morgan fingerprint density at radius 2 is 0.745 bits per heavy atom. The molecule has 1 aliphatic heterocycles. The molecule has 0 aliphatic carbocycles. The number of likely N-dealkylation sites (N-methyl/N-ethyl adjacent to an activating group) is 1. The van der Waals surface area contributed by atoms with Crippen LogP contribution in [0.25, 0.3) is 0 Å². The molecule has 5 nitrogen and oxygen atoms in total. The van der Waals surface area contributed by atoms with Gasteiger partial charge in [-0.3, -0.25) is 9.59 Å². The van der Waals surface area contributed by atoms with Gasteiger partial charge in [0.2, 0.25) is 0 Å². The van der Waals surface area contributed by atoms with E-state index < -0.39 is 0 Å². The highest BCUT2D eigenvalue weighted by atomic mass is 16.6. The van der Waals surface area contributed by atoms with Crippen molar-refractivity contribution in [3.63, 3.8) is 0 Å². The van der Waals surface area contributed by atoms with Crippen molar-refractivity contribution < 1.29 is 23.5 Å². The van der Waals surface area contributed by atoms with E-state index >= 15 is 0 Å². The van der Waals surface area contributed by atoms with Crippen LogP contribution < -0.4 is 0 Å². The van der Waals surface area contributed by atoms with Gasteiger partial charge in [0, 0.05) is 12.8 Å². The predicted molar refractivity (Wildman–Crippen MR) is 201 cm³/mol. The Kier molecular flexibility index (Phi) is 28.1. The zero-order valence-corrected chi connectivity index (χ0v) is 31.8. The fourth-order valence-corrected chi connectivity index (χ4v) is 6.65. The van der Waals surface area contributed by atoms with Crippen LogP contribution in [-0.4, -0.2) is 55.8 Å². The van der Waals surface area contributed by atoms with Gasteiger partial charge in [-0.2, -0.15) is 0 Å². The minimum absolute atomic E-state index is 0.146. The van der Waals surface area contributed by atoms with Crippen molar-refractivity contribution in [2.45, 2.75) is 206 Å². The number of allylic oxidation sites excluding steroid dienone is 4. The summed E-state index contributed by atoms with van der Waals surface area (Å²) >= 11 is 0. The number of likely N-dealkylation sites (tertiary alicyclic amines) is 1. The maximum Gasteiger partial charge on any atom is 0.306 e. The van der Waals surface area contributed by atoms with Gasteiger partial charge in [0.25, 0.3) is 0 Å². The first kappa shape index (κ1) is 43.4. The van der Waals surface area contributed by atoms with Crippen LogP contribution in [0, 0.1) is 0 Å². The number of hydrogen-bond donors (Lipinski definition) is 0. The van der Waals surface area contributed by atoms with E-state index in [0.29, 0.717) is 30.4 Å². The highest BCUT2D eigenvalue weighted by Gasteiger charge is 2.45. The van der Waals surface area contributed by atoms with Crippen molar-refractivity contribution in [3.05, 3.63) is 24.3 Å². The molecule has 47 heavy (non-hydrogen) atoms. The molecule has 0 aromatic carbocycles. The summed E-state index contributed by atoms with van der Waals surface area (Å²) in [7, 11) is 4.23. The zero-order valence-electron chi connectivity index (χ0n) is 31.8. The molecule has 5 heteroatoms. The molecule has 0 aromatic rings. The molecule has 1 rings (SSSR count). The molecule has 2 atom stereocenters. The largest absolute Gasteiger partial charge is 0.452 e. The van der Waals surface area contributed by atoms with E-state index in [0.717, 1.165) is 25.7 Å². The molecule has 0 N–H and O–H groups in total. The van der Waals surface area contributed by atoms with Crippen molar-refractivity contribution in [3.8, 4) is 0 Å². The Morgan fingerprint density at radius 3 is 1.06 bits per heavy atom. The Hall–Kier alpha value is -1.62. The number of esters is 2. The van der Waals surface area contributed by atoms with E-state index in [9.17, 15) is 9.59 Å². The first-order chi connectivity index (χ1) is 22.9. The van der Waals surface area contributed by atoms with Crippen molar-refractivity contribution in [1.82, 2.24) is 0 Å².